The van der Waals surface area contributed by atoms with Gasteiger partial charge < -0.3 is 23.7 Å². The number of carbonyl (C=O) groups excluding carboxylic acids is 2. The van der Waals surface area contributed by atoms with E-state index in [9.17, 15) is 22.8 Å². The molecule has 6 rings (SSSR count). The minimum atomic E-state index is -5.09. The van der Waals surface area contributed by atoms with Crippen LogP contribution in [-0.4, -0.2) is 55.6 Å². The number of ketones is 1. The van der Waals surface area contributed by atoms with Crippen LogP contribution in [0.25, 0.3) is 0 Å². The van der Waals surface area contributed by atoms with Crippen LogP contribution in [0, 0.1) is 28.6 Å². The third-order valence-electron chi connectivity index (χ3n) is 10.4. The molecule has 5 fully saturated rings. The van der Waals surface area contributed by atoms with Crippen LogP contribution in [0.15, 0.2) is 11.6 Å². The van der Waals surface area contributed by atoms with Crippen LogP contribution in [0.1, 0.15) is 58.8 Å². The molecule has 7 nitrogen and oxygen atoms in total. The lowest BCUT2D eigenvalue weighted by Crippen LogP contribution is -2.66. The van der Waals surface area contributed by atoms with Crippen molar-refractivity contribution in [2.24, 2.45) is 28.6 Å². The normalized spacial score (nSPS) is 49.1. The zero-order valence-corrected chi connectivity index (χ0v) is 19.9. The molecule has 4 aliphatic carbocycles. The van der Waals surface area contributed by atoms with Crippen molar-refractivity contribution in [3.63, 3.8) is 0 Å². The Morgan fingerprint density at radius 3 is 2.57 bits per heavy atom. The molecule has 2 heterocycles. The summed E-state index contributed by atoms with van der Waals surface area (Å²) in [4.78, 5) is 24.4. The SMILES string of the molecule is C[C@]12CCC(=O)C=C1CC[C@@H]1[C@@H]2[C@H](OC(=O)C(F)(F)F)C[C@@]2(C)[C@H]1CC[C@@]21OCO[C@]12COCO2. The van der Waals surface area contributed by atoms with Crippen LogP contribution in [0.4, 0.5) is 13.2 Å². The third kappa shape index (κ3) is 3.06. The molecule has 0 unspecified atom stereocenters. The Kier molecular flexibility index (Phi) is 5.13. The number of allylic oxidation sites excluding steroid dienone is 1. The third-order valence-corrected chi connectivity index (χ3v) is 10.4. The van der Waals surface area contributed by atoms with Gasteiger partial charge >= 0.3 is 12.1 Å². The van der Waals surface area contributed by atoms with Crippen molar-refractivity contribution >= 4 is 11.8 Å². The lowest BCUT2D eigenvalue weighted by molar-refractivity contribution is -0.263. The average molecular weight is 501 g/mol. The van der Waals surface area contributed by atoms with Gasteiger partial charge in [0.15, 0.2) is 19.4 Å². The van der Waals surface area contributed by atoms with Crippen molar-refractivity contribution in [1.82, 2.24) is 0 Å². The van der Waals surface area contributed by atoms with Gasteiger partial charge in [0.05, 0.1) is 0 Å². The number of rotatable bonds is 1. The number of halogens is 3. The largest absolute Gasteiger partial charge is 0.490 e. The highest BCUT2D eigenvalue weighted by molar-refractivity contribution is 5.91. The van der Waals surface area contributed by atoms with Crippen LogP contribution in [0.2, 0.25) is 0 Å². The summed E-state index contributed by atoms with van der Waals surface area (Å²) in [5.74, 6) is -3.42. The number of hydrogen-bond acceptors (Lipinski definition) is 7. The zero-order valence-electron chi connectivity index (χ0n) is 19.9. The fourth-order valence-electron chi connectivity index (χ4n) is 8.94. The lowest BCUT2D eigenvalue weighted by Gasteiger charge is -2.62. The molecule has 0 radical (unpaired) electrons. The van der Waals surface area contributed by atoms with E-state index in [1.165, 1.54) is 0 Å². The number of ether oxygens (including phenoxy) is 5. The summed E-state index contributed by atoms with van der Waals surface area (Å²) >= 11 is 0. The van der Waals surface area contributed by atoms with Crippen LogP contribution < -0.4 is 0 Å². The highest BCUT2D eigenvalue weighted by atomic mass is 19.4. The van der Waals surface area contributed by atoms with Gasteiger partial charge in [-0.3, -0.25) is 4.79 Å². The lowest BCUT2D eigenvalue weighted by atomic mass is 9.45. The first-order valence-corrected chi connectivity index (χ1v) is 12.5. The minimum Gasteiger partial charge on any atom is -0.455 e. The van der Waals surface area contributed by atoms with Gasteiger partial charge in [0.2, 0.25) is 5.79 Å². The van der Waals surface area contributed by atoms with E-state index in [-0.39, 0.29) is 50.2 Å². The number of esters is 1. The van der Waals surface area contributed by atoms with Crippen molar-refractivity contribution < 1.29 is 46.4 Å². The van der Waals surface area contributed by atoms with Crippen molar-refractivity contribution in [3.8, 4) is 0 Å². The molecule has 2 spiro atoms. The van der Waals surface area contributed by atoms with Crippen molar-refractivity contribution in [1.29, 1.82) is 0 Å². The molecule has 6 aliphatic rings. The zero-order chi connectivity index (χ0) is 24.9. The molecule has 0 aromatic rings. The van der Waals surface area contributed by atoms with Gasteiger partial charge in [-0.15, -0.1) is 0 Å². The van der Waals surface area contributed by atoms with E-state index in [1.807, 2.05) is 13.8 Å². The van der Waals surface area contributed by atoms with Gasteiger partial charge in [-0.2, -0.15) is 13.2 Å². The summed E-state index contributed by atoms with van der Waals surface area (Å²) in [7, 11) is 0. The summed E-state index contributed by atoms with van der Waals surface area (Å²) in [5.41, 5.74) is -1.09. The summed E-state index contributed by atoms with van der Waals surface area (Å²) in [5, 5.41) is 0. The minimum absolute atomic E-state index is 0.0121. The van der Waals surface area contributed by atoms with E-state index in [0.717, 1.165) is 18.4 Å². The Bertz CT molecular complexity index is 967. The molecular formula is C25H31F3O7. The van der Waals surface area contributed by atoms with Crippen LogP contribution >= 0.6 is 0 Å². The Morgan fingerprint density at radius 1 is 1.09 bits per heavy atom. The molecule has 0 aromatic carbocycles. The van der Waals surface area contributed by atoms with Crippen molar-refractivity contribution in [3.05, 3.63) is 11.6 Å². The standard InChI is InChI=1S/C25H31F3O7/c1-21-7-5-15(29)9-14(21)3-4-16-17-6-8-23(24(34-13-32-23)11-31-12-33-24)22(17,2)10-18(19(16)21)35-20(30)25(26,27)28/h9,16-19H,3-8,10-13H2,1-2H3/t16-,17-,18+,19+,21-,22-,23+,24+/m0/s1. The fraction of sp³-hybridized carbons (Fsp3) is 0.840. The van der Waals surface area contributed by atoms with Crippen molar-refractivity contribution in [2.45, 2.75) is 82.5 Å². The number of hydrogen-bond donors (Lipinski definition) is 0. The molecule has 8 atom stereocenters. The Balaban J connectivity index is 1.44. The first-order valence-electron chi connectivity index (χ1n) is 12.5. The second-order valence-electron chi connectivity index (χ2n) is 11.6. The maximum atomic E-state index is 13.4. The maximum absolute atomic E-state index is 13.4. The van der Waals surface area contributed by atoms with E-state index < -0.39 is 40.5 Å². The highest BCUT2D eigenvalue weighted by Crippen LogP contribution is 2.72. The predicted molar refractivity (Wildman–Crippen MR) is 112 cm³/mol. The first-order chi connectivity index (χ1) is 16.5. The Hall–Kier alpha value is -1.49. The number of fused-ring (bicyclic) bond motifs is 7. The van der Waals surface area contributed by atoms with E-state index >= 15 is 0 Å². The smallest absolute Gasteiger partial charge is 0.455 e. The van der Waals surface area contributed by atoms with E-state index in [1.54, 1.807) is 6.08 Å². The Labute approximate surface area is 201 Å². The van der Waals surface area contributed by atoms with Crippen molar-refractivity contribution in [2.75, 3.05) is 20.2 Å². The van der Waals surface area contributed by atoms with Gasteiger partial charge in [0.25, 0.3) is 0 Å². The summed E-state index contributed by atoms with van der Waals surface area (Å²) < 4.78 is 69.3. The fourth-order valence-corrected chi connectivity index (χ4v) is 8.94. The second-order valence-corrected chi connectivity index (χ2v) is 11.6. The summed E-state index contributed by atoms with van der Waals surface area (Å²) in [6, 6.07) is 0. The molecule has 0 aromatic heterocycles. The molecular weight excluding hydrogens is 469 g/mol. The second kappa shape index (κ2) is 7.52. The predicted octanol–water partition coefficient (Wildman–Crippen LogP) is 4.05. The molecule has 0 amide bonds. The van der Waals surface area contributed by atoms with E-state index in [2.05, 4.69) is 0 Å². The molecule has 3 saturated carbocycles. The van der Waals surface area contributed by atoms with Gasteiger partial charge in [0.1, 0.15) is 18.3 Å². The van der Waals surface area contributed by atoms with E-state index in [0.29, 0.717) is 25.7 Å². The molecule has 10 heteroatoms. The summed E-state index contributed by atoms with van der Waals surface area (Å²) in [6.45, 7) is 4.33. The van der Waals surface area contributed by atoms with Crippen LogP contribution in [-0.2, 0) is 33.3 Å². The van der Waals surface area contributed by atoms with Gasteiger partial charge in [-0.1, -0.05) is 19.4 Å². The monoisotopic (exact) mass is 500 g/mol. The maximum Gasteiger partial charge on any atom is 0.490 e. The van der Waals surface area contributed by atoms with Gasteiger partial charge in [0, 0.05) is 17.8 Å². The topological polar surface area (TPSA) is 80.3 Å². The molecule has 0 N–H and O–H groups in total. The number of carbonyl (C=O) groups is 2. The molecule has 194 valence electrons. The molecule has 0 bridgehead atoms. The Morgan fingerprint density at radius 2 is 1.86 bits per heavy atom. The number of alkyl halides is 3. The first kappa shape index (κ1) is 23.9. The van der Waals surface area contributed by atoms with E-state index in [4.69, 9.17) is 23.7 Å². The van der Waals surface area contributed by atoms with Gasteiger partial charge in [-0.05, 0) is 61.9 Å². The summed E-state index contributed by atoms with van der Waals surface area (Å²) in [6.07, 6.45) is -0.423. The van der Waals surface area contributed by atoms with Gasteiger partial charge in [-0.25, -0.2) is 4.79 Å². The van der Waals surface area contributed by atoms with Crippen LogP contribution in [0.5, 0.6) is 0 Å². The highest BCUT2D eigenvalue weighted by Gasteiger charge is 2.77. The molecule has 35 heavy (non-hydrogen) atoms. The molecule has 2 saturated heterocycles. The van der Waals surface area contributed by atoms with Crippen LogP contribution in [0.3, 0.4) is 0 Å². The quantitative estimate of drug-likeness (QED) is 0.503. The average Bonchev–Trinajstić information content (AvgIpc) is 3.48. The molecule has 2 aliphatic heterocycles.